The summed E-state index contributed by atoms with van der Waals surface area (Å²) in [5.74, 6) is 1.76. The number of benzene rings is 1. The molecule has 0 unspecified atom stereocenters. The first-order chi connectivity index (χ1) is 7.25. The van der Waals surface area contributed by atoms with Crippen molar-refractivity contribution in [2.24, 2.45) is 5.92 Å². The summed E-state index contributed by atoms with van der Waals surface area (Å²) in [6.07, 6.45) is 5.43. The second kappa shape index (κ2) is 5.02. The Kier molecular flexibility index (Phi) is 3.68. The molecule has 0 aromatic heterocycles. The highest BCUT2D eigenvalue weighted by atomic mass is 79.9. The molecule has 15 heavy (non-hydrogen) atoms. The van der Waals surface area contributed by atoms with Crippen LogP contribution in [0.5, 0.6) is 5.75 Å². The predicted octanol–water partition coefficient (Wildman–Crippen LogP) is 4.33. The Bertz CT molecular complexity index is 329. The third-order valence-electron chi connectivity index (χ3n) is 3.04. The van der Waals surface area contributed by atoms with Gasteiger partial charge in [-0.25, -0.2) is 0 Å². The number of aryl methyl sites for hydroxylation is 1. The third kappa shape index (κ3) is 2.97. The van der Waals surface area contributed by atoms with Crippen LogP contribution >= 0.6 is 15.9 Å². The summed E-state index contributed by atoms with van der Waals surface area (Å²) < 4.78 is 6.90. The molecule has 0 atom stereocenters. The van der Waals surface area contributed by atoms with Gasteiger partial charge < -0.3 is 4.74 Å². The van der Waals surface area contributed by atoms with Crippen molar-refractivity contribution < 1.29 is 4.74 Å². The minimum absolute atomic E-state index is 0.776. The second-order valence-electron chi connectivity index (χ2n) is 4.40. The molecular formula is C13H17BrO. The van der Waals surface area contributed by atoms with E-state index in [9.17, 15) is 0 Å². The first kappa shape index (κ1) is 11.0. The highest BCUT2D eigenvalue weighted by molar-refractivity contribution is 9.10. The molecule has 1 aliphatic carbocycles. The lowest BCUT2D eigenvalue weighted by Crippen LogP contribution is -2.08. The van der Waals surface area contributed by atoms with E-state index < -0.39 is 0 Å². The van der Waals surface area contributed by atoms with Crippen LogP contribution in [-0.4, -0.2) is 6.61 Å². The maximum atomic E-state index is 5.83. The molecule has 2 rings (SSSR count). The molecule has 1 aliphatic rings. The molecule has 0 spiro atoms. The summed E-state index contributed by atoms with van der Waals surface area (Å²) in [5, 5.41) is 0. The van der Waals surface area contributed by atoms with Crippen molar-refractivity contribution in [2.45, 2.75) is 32.6 Å². The van der Waals surface area contributed by atoms with E-state index in [1.54, 1.807) is 0 Å². The Morgan fingerprint density at radius 1 is 1.33 bits per heavy atom. The van der Waals surface area contributed by atoms with Gasteiger partial charge in [0.05, 0.1) is 11.1 Å². The summed E-state index contributed by atoms with van der Waals surface area (Å²) in [5.41, 5.74) is 1.26. The molecule has 82 valence electrons. The zero-order valence-corrected chi connectivity index (χ0v) is 10.7. The SMILES string of the molecule is Cc1ccc(OCC2CCCC2)c(Br)c1. The summed E-state index contributed by atoms with van der Waals surface area (Å²) >= 11 is 3.53. The lowest BCUT2D eigenvalue weighted by Gasteiger charge is -2.12. The molecule has 1 aromatic carbocycles. The van der Waals surface area contributed by atoms with Gasteiger partial charge in [-0.3, -0.25) is 0 Å². The molecule has 0 bridgehead atoms. The molecule has 1 saturated carbocycles. The smallest absolute Gasteiger partial charge is 0.133 e. The van der Waals surface area contributed by atoms with Crippen LogP contribution in [0.4, 0.5) is 0 Å². The lowest BCUT2D eigenvalue weighted by molar-refractivity contribution is 0.251. The van der Waals surface area contributed by atoms with E-state index in [0.29, 0.717) is 0 Å². The van der Waals surface area contributed by atoms with Gasteiger partial charge in [-0.1, -0.05) is 18.9 Å². The van der Waals surface area contributed by atoms with Crippen LogP contribution in [0.15, 0.2) is 22.7 Å². The fraction of sp³-hybridized carbons (Fsp3) is 0.538. The van der Waals surface area contributed by atoms with Crippen LogP contribution < -0.4 is 4.74 Å². The van der Waals surface area contributed by atoms with Crippen molar-refractivity contribution in [1.29, 1.82) is 0 Å². The van der Waals surface area contributed by atoms with Gasteiger partial charge in [0.25, 0.3) is 0 Å². The third-order valence-corrected chi connectivity index (χ3v) is 3.66. The topological polar surface area (TPSA) is 9.23 Å². The Morgan fingerprint density at radius 2 is 2.07 bits per heavy atom. The highest BCUT2D eigenvalue weighted by Gasteiger charge is 2.15. The number of hydrogen-bond acceptors (Lipinski definition) is 1. The quantitative estimate of drug-likeness (QED) is 0.793. The monoisotopic (exact) mass is 268 g/mol. The van der Waals surface area contributed by atoms with Gasteiger partial charge in [0.15, 0.2) is 0 Å². The van der Waals surface area contributed by atoms with E-state index >= 15 is 0 Å². The van der Waals surface area contributed by atoms with Gasteiger partial charge in [-0.2, -0.15) is 0 Å². The number of rotatable bonds is 3. The van der Waals surface area contributed by atoms with E-state index in [4.69, 9.17) is 4.74 Å². The first-order valence-electron chi connectivity index (χ1n) is 5.64. The average Bonchev–Trinajstić information content (AvgIpc) is 2.69. The number of hydrogen-bond donors (Lipinski definition) is 0. The Hall–Kier alpha value is -0.500. The molecular weight excluding hydrogens is 252 g/mol. The molecule has 0 amide bonds. The average molecular weight is 269 g/mol. The maximum Gasteiger partial charge on any atom is 0.133 e. The number of halogens is 1. The first-order valence-corrected chi connectivity index (χ1v) is 6.44. The van der Waals surface area contributed by atoms with Crippen molar-refractivity contribution >= 4 is 15.9 Å². The normalized spacial score (nSPS) is 16.9. The molecule has 0 aliphatic heterocycles. The molecule has 1 fully saturated rings. The van der Waals surface area contributed by atoms with Crippen LogP contribution in [0.2, 0.25) is 0 Å². The molecule has 0 radical (unpaired) electrons. The van der Waals surface area contributed by atoms with Crippen LogP contribution in [0.3, 0.4) is 0 Å². The molecule has 0 N–H and O–H groups in total. The van der Waals surface area contributed by atoms with E-state index in [1.165, 1.54) is 31.2 Å². The fourth-order valence-corrected chi connectivity index (χ4v) is 2.72. The van der Waals surface area contributed by atoms with Gasteiger partial charge in [0, 0.05) is 0 Å². The highest BCUT2D eigenvalue weighted by Crippen LogP contribution is 2.29. The maximum absolute atomic E-state index is 5.83. The van der Waals surface area contributed by atoms with Crippen molar-refractivity contribution in [3.05, 3.63) is 28.2 Å². The molecule has 0 heterocycles. The minimum atomic E-state index is 0.776. The van der Waals surface area contributed by atoms with E-state index in [0.717, 1.165) is 22.7 Å². The van der Waals surface area contributed by atoms with Crippen molar-refractivity contribution in [3.63, 3.8) is 0 Å². The minimum Gasteiger partial charge on any atom is -0.492 e. The zero-order valence-electron chi connectivity index (χ0n) is 9.13. The fourth-order valence-electron chi connectivity index (χ4n) is 2.11. The molecule has 2 heteroatoms. The van der Waals surface area contributed by atoms with Crippen molar-refractivity contribution in [1.82, 2.24) is 0 Å². The second-order valence-corrected chi connectivity index (χ2v) is 5.25. The van der Waals surface area contributed by atoms with E-state index in [1.807, 2.05) is 6.07 Å². The van der Waals surface area contributed by atoms with Gasteiger partial charge in [-0.15, -0.1) is 0 Å². The molecule has 1 nitrogen and oxygen atoms in total. The Morgan fingerprint density at radius 3 is 2.73 bits per heavy atom. The van der Waals surface area contributed by atoms with Crippen LogP contribution in [0, 0.1) is 12.8 Å². The summed E-state index contributed by atoms with van der Waals surface area (Å²) in [6, 6.07) is 6.24. The van der Waals surface area contributed by atoms with Gasteiger partial charge in [0.1, 0.15) is 5.75 Å². The Labute approximate surface area is 100.0 Å². The van der Waals surface area contributed by atoms with Crippen LogP contribution in [0.25, 0.3) is 0 Å². The summed E-state index contributed by atoms with van der Waals surface area (Å²) in [4.78, 5) is 0. The van der Waals surface area contributed by atoms with Crippen LogP contribution in [-0.2, 0) is 0 Å². The van der Waals surface area contributed by atoms with E-state index in [2.05, 4.69) is 35.0 Å². The zero-order chi connectivity index (χ0) is 10.7. The molecule has 1 aromatic rings. The van der Waals surface area contributed by atoms with Gasteiger partial charge in [0.2, 0.25) is 0 Å². The van der Waals surface area contributed by atoms with Gasteiger partial charge >= 0.3 is 0 Å². The largest absolute Gasteiger partial charge is 0.492 e. The Balaban J connectivity index is 1.92. The number of ether oxygens (including phenoxy) is 1. The summed E-state index contributed by atoms with van der Waals surface area (Å²) in [6.45, 7) is 2.97. The summed E-state index contributed by atoms with van der Waals surface area (Å²) in [7, 11) is 0. The lowest BCUT2D eigenvalue weighted by atomic mass is 10.1. The van der Waals surface area contributed by atoms with Crippen molar-refractivity contribution in [3.8, 4) is 5.75 Å². The van der Waals surface area contributed by atoms with E-state index in [-0.39, 0.29) is 0 Å². The standard InChI is InChI=1S/C13H17BrO/c1-10-6-7-13(12(14)8-10)15-9-11-4-2-3-5-11/h6-8,11H,2-5,9H2,1H3. The predicted molar refractivity (Wildman–Crippen MR) is 66.3 cm³/mol. The molecule has 0 saturated heterocycles. The van der Waals surface area contributed by atoms with Crippen molar-refractivity contribution in [2.75, 3.05) is 6.61 Å². The van der Waals surface area contributed by atoms with Gasteiger partial charge in [-0.05, 0) is 59.3 Å². The van der Waals surface area contributed by atoms with Crippen LogP contribution in [0.1, 0.15) is 31.2 Å².